The third-order valence-electron chi connectivity index (χ3n) is 8.60. The molecule has 1 aliphatic rings. The van der Waals surface area contributed by atoms with Crippen LogP contribution in [0.1, 0.15) is 58.1 Å². The zero-order valence-electron chi connectivity index (χ0n) is 28.6. The number of nitrogens with zero attached hydrogens (tertiary/aromatic N) is 3. The molecule has 10 nitrogen and oxygen atoms in total. The Morgan fingerprint density at radius 2 is 1.63 bits per heavy atom. The molecule has 2 heterocycles. The summed E-state index contributed by atoms with van der Waals surface area (Å²) in [7, 11) is -3.95. The second-order valence-corrected chi connectivity index (χ2v) is 15.9. The van der Waals surface area contributed by atoms with Crippen molar-refractivity contribution < 1.29 is 31.1 Å². The van der Waals surface area contributed by atoms with Crippen molar-refractivity contribution in [1.82, 2.24) is 19.3 Å². The molecular formula is C37H38ClF3N6O4S. The highest BCUT2D eigenvalue weighted by Crippen LogP contribution is 2.37. The first-order chi connectivity index (χ1) is 24.6. The molecule has 0 spiro atoms. The molecule has 1 unspecified atom stereocenters. The van der Waals surface area contributed by atoms with Crippen molar-refractivity contribution in [2.24, 2.45) is 0 Å². The summed E-state index contributed by atoms with van der Waals surface area (Å²) in [6.07, 6.45) is -0.147. The third kappa shape index (κ3) is 8.51. The first-order valence-electron chi connectivity index (χ1n) is 16.7. The van der Waals surface area contributed by atoms with Crippen LogP contribution in [0.2, 0.25) is 5.02 Å². The lowest BCUT2D eigenvalue weighted by molar-refractivity contribution is -0.160. The second kappa shape index (κ2) is 14.8. The van der Waals surface area contributed by atoms with Gasteiger partial charge in [0.1, 0.15) is 11.6 Å². The minimum absolute atomic E-state index is 0.0106. The van der Waals surface area contributed by atoms with Crippen molar-refractivity contribution in [3.63, 3.8) is 0 Å². The molecule has 0 bridgehead atoms. The van der Waals surface area contributed by atoms with Gasteiger partial charge < -0.3 is 10.1 Å². The molecule has 15 heteroatoms. The number of carbonyl (C=O) groups is 1. The van der Waals surface area contributed by atoms with Crippen molar-refractivity contribution in [3.05, 3.63) is 102 Å². The molecule has 274 valence electrons. The predicted octanol–water partition coefficient (Wildman–Crippen LogP) is 8.95. The first-order valence-corrected chi connectivity index (χ1v) is 18.5. The Hall–Kier alpha value is -4.66. The van der Waals surface area contributed by atoms with Gasteiger partial charge in [-0.05, 0) is 82.3 Å². The Labute approximate surface area is 304 Å². The first kappa shape index (κ1) is 37.1. The van der Waals surface area contributed by atoms with E-state index in [2.05, 4.69) is 25.9 Å². The number of halogens is 4. The van der Waals surface area contributed by atoms with Gasteiger partial charge in [0.2, 0.25) is 5.95 Å². The van der Waals surface area contributed by atoms with Crippen LogP contribution < -0.4 is 16.0 Å². The number of aromatic nitrogens is 3. The molecular weight excluding hydrogens is 717 g/mol. The Morgan fingerprint density at radius 3 is 2.33 bits per heavy atom. The van der Waals surface area contributed by atoms with Gasteiger partial charge in [-0.25, -0.2) is 27.2 Å². The number of carbonyl (C=O) groups excluding carboxylic acids is 1. The summed E-state index contributed by atoms with van der Waals surface area (Å²) in [6.45, 7) is 5.14. The molecule has 0 radical (unpaired) electrons. The van der Waals surface area contributed by atoms with E-state index >= 15 is 0 Å². The van der Waals surface area contributed by atoms with E-state index < -0.39 is 40.0 Å². The third-order valence-corrected chi connectivity index (χ3v) is 10.6. The van der Waals surface area contributed by atoms with Crippen LogP contribution in [0, 0.1) is 0 Å². The van der Waals surface area contributed by atoms with Crippen LogP contribution in [0.4, 0.5) is 29.6 Å². The molecule has 52 heavy (non-hydrogen) atoms. The summed E-state index contributed by atoms with van der Waals surface area (Å²) < 4.78 is 76.9. The van der Waals surface area contributed by atoms with E-state index in [0.717, 1.165) is 0 Å². The molecule has 3 N–H and O–H groups in total. The molecule has 1 fully saturated rings. The number of anilines is 2. The van der Waals surface area contributed by atoms with Crippen molar-refractivity contribution in [3.8, 4) is 11.3 Å². The number of hydrogen-bond acceptors (Lipinski definition) is 8. The zero-order chi connectivity index (χ0) is 37.3. The average molecular weight is 755 g/mol. The summed E-state index contributed by atoms with van der Waals surface area (Å²) >= 11 is 6.60. The maximum atomic E-state index is 14.4. The highest BCUT2D eigenvalue weighted by Gasteiger charge is 2.42. The highest BCUT2D eigenvalue weighted by atomic mass is 35.5. The summed E-state index contributed by atoms with van der Waals surface area (Å²) in [5.74, 6) is 0.216. The molecule has 3 aromatic carbocycles. The standard InChI is InChI=1S/C37H38ClF3N6O4S/c1-36(2,3)51-35(48)45-24-18-16-23(17-19-24)33(37(39,40)41)43-25-10-9-11-26(20-25)44-34-42-21-30(38)32(46-34)29-22-47(31-15-8-7-14-28(29)31)52(49,50)27-12-5-4-6-13-27/h4-8,12-19,21-22,25-26,33,43H,9-11,20H2,1-3H3,(H,45,48)(H,42,44,46)/t25-,26+,33?/m0/s1. The molecule has 0 aliphatic heterocycles. The minimum Gasteiger partial charge on any atom is -0.444 e. The van der Waals surface area contributed by atoms with Gasteiger partial charge in [-0.15, -0.1) is 0 Å². The largest absolute Gasteiger partial charge is 0.444 e. The molecule has 2 aromatic heterocycles. The number of alkyl halides is 3. The topological polar surface area (TPSA) is 127 Å². The van der Waals surface area contributed by atoms with Crippen molar-refractivity contribution in [1.29, 1.82) is 0 Å². The molecule has 0 saturated heterocycles. The number of rotatable bonds is 9. The Kier molecular flexibility index (Phi) is 10.5. The van der Waals surface area contributed by atoms with E-state index in [0.29, 0.717) is 53.5 Å². The molecule has 5 aromatic rings. The van der Waals surface area contributed by atoms with Gasteiger partial charge >= 0.3 is 12.3 Å². The Bertz CT molecular complexity index is 2160. The van der Waals surface area contributed by atoms with E-state index in [1.54, 1.807) is 63.2 Å². The van der Waals surface area contributed by atoms with Crippen molar-refractivity contribution in [2.45, 2.75) is 81.3 Å². The van der Waals surface area contributed by atoms with Crippen LogP contribution in [0.3, 0.4) is 0 Å². The van der Waals surface area contributed by atoms with Gasteiger partial charge in [0.25, 0.3) is 10.0 Å². The van der Waals surface area contributed by atoms with Gasteiger partial charge in [-0.3, -0.25) is 10.6 Å². The van der Waals surface area contributed by atoms with E-state index in [9.17, 15) is 26.4 Å². The fourth-order valence-corrected chi connectivity index (χ4v) is 7.90. The normalized spacial score (nSPS) is 17.4. The number of ether oxygens (including phenoxy) is 1. The summed E-state index contributed by atoms with van der Waals surface area (Å²) in [5, 5.41) is 9.44. The maximum absolute atomic E-state index is 14.4. The van der Waals surface area contributed by atoms with Crippen LogP contribution in [-0.2, 0) is 14.8 Å². The average Bonchev–Trinajstić information content (AvgIpc) is 3.48. The summed E-state index contributed by atoms with van der Waals surface area (Å²) in [4.78, 5) is 21.2. The highest BCUT2D eigenvalue weighted by molar-refractivity contribution is 7.90. The maximum Gasteiger partial charge on any atom is 0.412 e. The van der Waals surface area contributed by atoms with Crippen molar-refractivity contribution >= 4 is 50.3 Å². The van der Waals surface area contributed by atoms with Gasteiger partial charge in [0.15, 0.2) is 0 Å². The number of fused-ring (bicyclic) bond motifs is 1. The lowest BCUT2D eigenvalue weighted by Gasteiger charge is -2.34. The second-order valence-electron chi connectivity index (χ2n) is 13.7. The van der Waals surface area contributed by atoms with Crippen LogP contribution >= 0.6 is 11.6 Å². The molecule has 6 rings (SSSR count). The number of para-hydroxylation sites is 1. The fourth-order valence-electron chi connectivity index (χ4n) is 6.32. The van der Waals surface area contributed by atoms with Gasteiger partial charge in [0, 0.05) is 34.9 Å². The number of amides is 1. The zero-order valence-corrected chi connectivity index (χ0v) is 30.2. The SMILES string of the molecule is CC(C)(C)OC(=O)Nc1ccc(C(N[C@H]2CCC[C@@H](Nc3ncc(Cl)c(-c4cn(S(=O)(=O)c5ccccc5)c5ccccc45)n3)C2)C(F)(F)F)cc1. The van der Waals surface area contributed by atoms with Gasteiger partial charge in [-0.1, -0.05) is 60.1 Å². The number of nitrogens with one attached hydrogen (secondary N) is 3. The molecule has 3 atom stereocenters. The van der Waals surface area contributed by atoms with Crippen LogP contribution in [0.25, 0.3) is 22.2 Å². The van der Waals surface area contributed by atoms with Gasteiger partial charge in [0.05, 0.1) is 27.3 Å². The summed E-state index contributed by atoms with van der Waals surface area (Å²) in [5.41, 5.74) is 0.834. The van der Waals surface area contributed by atoms with Crippen molar-refractivity contribution in [2.75, 3.05) is 10.6 Å². The fraction of sp³-hybridized carbons (Fsp3) is 0.324. The smallest absolute Gasteiger partial charge is 0.412 e. The number of benzene rings is 3. The van der Waals surface area contributed by atoms with Crippen LogP contribution in [0.5, 0.6) is 0 Å². The Balaban J connectivity index is 1.19. The predicted molar refractivity (Wildman–Crippen MR) is 195 cm³/mol. The van der Waals surface area contributed by atoms with Crippen LogP contribution in [-0.4, -0.2) is 52.3 Å². The molecule has 1 aliphatic carbocycles. The van der Waals surface area contributed by atoms with E-state index in [4.69, 9.17) is 16.3 Å². The van der Waals surface area contributed by atoms with E-state index in [1.165, 1.54) is 52.8 Å². The monoisotopic (exact) mass is 754 g/mol. The molecule has 1 saturated carbocycles. The minimum atomic E-state index is -4.58. The summed E-state index contributed by atoms with van der Waals surface area (Å²) in [6, 6.07) is 17.9. The lowest BCUT2D eigenvalue weighted by Crippen LogP contribution is -2.45. The lowest BCUT2D eigenvalue weighted by atomic mass is 9.90. The van der Waals surface area contributed by atoms with E-state index in [-0.39, 0.29) is 27.5 Å². The quantitative estimate of drug-likeness (QED) is 0.136. The van der Waals surface area contributed by atoms with E-state index in [1.807, 2.05) is 0 Å². The molecule has 1 amide bonds. The Morgan fingerprint density at radius 1 is 0.962 bits per heavy atom. The number of hydrogen-bond donors (Lipinski definition) is 3. The van der Waals surface area contributed by atoms with Crippen LogP contribution in [0.15, 0.2) is 96.2 Å². The van der Waals surface area contributed by atoms with Gasteiger partial charge in [-0.2, -0.15) is 13.2 Å².